The summed E-state index contributed by atoms with van der Waals surface area (Å²) in [4.78, 5) is 11.1. The molecule has 3 heteroatoms. The Morgan fingerprint density at radius 2 is 1.92 bits per heavy atom. The van der Waals surface area contributed by atoms with E-state index >= 15 is 0 Å². The average molecular weight is 177 g/mol. The van der Waals surface area contributed by atoms with Crippen molar-refractivity contribution in [1.29, 1.82) is 5.41 Å². The number of Topliss-reactive ketones (excluding diaryl/α,β-unsaturated/α-hetero) is 1. The van der Waals surface area contributed by atoms with E-state index in [2.05, 4.69) is 0 Å². The lowest BCUT2D eigenvalue weighted by Crippen LogP contribution is -2.12. The van der Waals surface area contributed by atoms with Gasteiger partial charge in [0.2, 0.25) is 0 Å². The van der Waals surface area contributed by atoms with Gasteiger partial charge in [0.25, 0.3) is 0 Å². The summed E-state index contributed by atoms with van der Waals surface area (Å²) in [5.41, 5.74) is 0.548. The molecule has 0 saturated carbocycles. The Balaban J connectivity index is 2.90. The van der Waals surface area contributed by atoms with Crippen LogP contribution in [0.25, 0.3) is 0 Å². The summed E-state index contributed by atoms with van der Waals surface area (Å²) < 4.78 is 0. The van der Waals surface area contributed by atoms with Gasteiger partial charge in [-0.2, -0.15) is 0 Å². The van der Waals surface area contributed by atoms with E-state index in [9.17, 15) is 4.79 Å². The van der Waals surface area contributed by atoms with Crippen molar-refractivity contribution in [3.05, 3.63) is 29.8 Å². The molecule has 1 aromatic carbocycles. The maximum absolute atomic E-state index is 11.1. The number of hydrogen-bond acceptors (Lipinski definition) is 3. The lowest BCUT2D eigenvalue weighted by molar-refractivity contribution is -0.112. The summed E-state index contributed by atoms with van der Waals surface area (Å²) in [7, 11) is 0. The summed E-state index contributed by atoms with van der Waals surface area (Å²) >= 11 is 0. The molecule has 0 heterocycles. The third-order valence-corrected chi connectivity index (χ3v) is 1.76. The molecule has 0 radical (unpaired) electrons. The molecule has 0 aliphatic carbocycles. The number of rotatable bonds is 3. The van der Waals surface area contributed by atoms with E-state index in [0.29, 0.717) is 12.0 Å². The van der Waals surface area contributed by atoms with Gasteiger partial charge in [0.05, 0.1) is 0 Å². The number of nitrogens with one attached hydrogen (secondary N) is 1. The summed E-state index contributed by atoms with van der Waals surface area (Å²) in [6.07, 6.45) is 0.333. The van der Waals surface area contributed by atoms with Crippen molar-refractivity contribution in [2.24, 2.45) is 0 Å². The van der Waals surface area contributed by atoms with Gasteiger partial charge in [-0.05, 0) is 24.3 Å². The molecule has 0 fully saturated rings. The highest BCUT2D eigenvalue weighted by Gasteiger charge is 2.08. The highest BCUT2D eigenvalue weighted by Crippen LogP contribution is 2.10. The van der Waals surface area contributed by atoms with Crippen molar-refractivity contribution < 1.29 is 9.90 Å². The minimum atomic E-state index is -0.189. The van der Waals surface area contributed by atoms with Crippen molar-refractivity contribution in [2.45, 2.75) is 13.3 Å². The number of hydrogen-bond donors (Lipinski definition) is 2. The van der Waals surface area contributed by atoms with Crippen LogP contribution < -0.4 is 0 Å². The number of carbonyl (C=O) groups is 1. The number of benzene rings is 1. The third kappa shape index (κ3) is 2.15. The van der Waals surface area contributed by atoms with Crippen LogP contribution in [-0.2, 0) is 4.79 Å². The van der Waals surface area contributed by atoms with Gasteiger partial charge < -0.3 is 5.11 Å². The molecule has 1 rings (SSSR count). The maximum atomic E-state index is 11.1. The first kappa shape index (κ1) is 9.45. The fourth-order valence-corrected chi connectivity index (χ4v) is 0.966. The maximum Gasteiger partial charge on any atom is 0.180 e. The second-order valence-electron chi connectivity index (χ2n) is 2.70. The smallest absolute Gasteiger partial charge is 0.180 e. The second kappa shape index (κ2) is 3.85. The van der Waals surface area contributed by atoms with E-state index in [0.717, 1.165) is 0 Å². The van der Waals surface area contributed by atoms with Gasteiger partial charge >= 0.3 is 0 Å². The molecule has 0 saturated heterocycles. The quantitative estimate of drug-likeness (QED) is 0.691. The van der Waals surface area contributed by atoms with Crippen molar-refractivity contribution in [3.63, 3.8) is 0 Å². The molecule has 68 valence electrons. The van der Waals surface area contributed by atoms with Crippen LogP contribution in [0.1, 0.15) is 18.9 Å². The van der Waals surface area contributed by atoms with Crippen molar-refractivity contribution in [3.8, 4) is 5.75 Å². The van der Waals surface area contributed by atoms with Crippen LogP contribution in [0.5, 0.6) is 5.75 Å². The van der Waals surface area contributed by atoms with E-state index in [-0.39, 0.29) is 17.2 Å². The largest absolute Gasteiger partial charge is 0.508 e. The predicted octanol–water partition coefficient (Wildman–Crippen LogP) is 1.74. The fourth-order valence-electron chi connectivity index (χ4n) is 0.966. The van der Waals surface area contributed by atoms with E-state index < -0.39 is 0 Å². The fraction of sp³-hybridized carbons (Fsp3) is 0.200. The van der Waals surface area contributed by atoms with Crippen LogP contribution in [0.15, 0.2) is 24.3 Å². The number of ketones is 1. The van der Waals surface area contributed by atoms with Crippen molar-refractivity contribution in [1.82, 2.24) is 0 Å². The molecule has 1 aromatic rings. The molecule has 13 heavy (non-hydrogen) atoms. The van der Waals surface area contributed by atoms with Gasteiger partial charge in [-0.15, -0.1) is 0 Å². The Bertz CT molecular complexity index is 327. The minimum absolute atomic E-state index is 0.00231. The lowest BCUT2D eigenvalue weighted by atomic mass is 10.1. The first-order valence-electron chi connectivity index (χ1n) is 4.06. The number of phenolic OH excluding ortho intramolecular Hbond substituents is 1. The van der Waals surface area contributed by atoms with Gasteiger partial charge in [0.15, 0.2) is 5.78 Å². The highest BCUT2D eigenvalue weighted by atomic mass is 16.3. The topological polar surface area (TPSA) is 61.2 Å². The second-order valence-corrected chi connectivity index (χ2v) is 2.70. The molecule has 0 bridgehead atoms. The summed E-state index contributed by atoms with van der Waals surface area (Å²) in [5.74, 6) is -0.0498. The van der Waals surface area contributed by atoms with Crippen LogP contribution in [0.2, 0.25) is 0 Å². The first-order chi connectivity index (χ1) is 6.15. The van der Waals surface area contributed by atoms with Gasteiger partial charge in [-0.25, -0.2) is 0 Å². The summed E-state index contributed by atoms with van der Waals surface area (Å²) in [6.45, 7) is 1.72. The molecular formula is C10H11NO2. The number of aromatic hydroxyl groups is 1. The molecule has 3 nitrogen and oxygen atoms in total. The van der Waals surface area contributed by atoms with E-state index in [1.165, 1.54) is 12.1 Å². The van der Waals surface area contributed by atoms with Crippen LogP contribution in [0, 0.1) is 5.41 Å². The van der Waals surface area contributed by atoms with Crippen molar-refractivity contribution >= 4 is 11.5 Å². The normalized spacial score (nSPS) is 9.62. The Labute approximate surface area is 76.5 Å². The minimum Gasteiger partial charge on any atom is -0.508 e. The van der Waals surface area contributed by atoms with Gasteiger partial charge in [-0.3, -0.25) is 10.2 Å². The Morgan fingerprint density at radius 1 is 1.38 bits per heavy atom. The van der Waals surface area contributed by atoms with Gasteiger partial charge in [-0.1, -0.05) is 6.92 Å². The zero-order valence-electron chi connectivity index (χ0n) is 7.37. The number of carbonyl (C=O) groups excluding carboxylic acids is 1. The third-order valence-electron chi connectivity index (χ3n) is 1.76. The molecule has 0 aromatic heterocycles. The van der Waals surface area contributed by atoms with Crippen LogP contribution in [0.3, 0.4) is 0 Å². The van der Waals surface area contributed by atoms with Gasteiger partial charge in [0, 0.05) is 12.0 Å². The Kier molecular flexibility index (Phi) is 2.80. The van der Waals surface area contributed by atoms with Crippen LogP contribution >= 0.6 is 0 Å². The van der Waals surface area contributed by atoms with E-state index in [4.69, 9.17) is 10.5 Å². The molecule has 0 atom stereocenters. The van der Waals surface area contributed by atoms with Crippen LogP contribution in [-0.4, -0.2) is 16.6 Å². The number of phenols is 1. The predicted molar refractivity (Wildman–Crippen MR) is 50.2 cm³/mol. The highest BCUT2D eigenvalue weighted by molar-refractivity contribution is 6.44. The van der Waals surface area contributed by atoms with Crippen molar-refractivity contribution in [2.75, 3.05) is 0 Å². The summed E-state index contributed by atoms with van der Waals surface area (Å²) in [5, 5.41) is 16.5. The Hall–Kier alpha value is -1.64. The monoisotopic (exact) mass is 177 g/mol. The molecule has 0 amide bonds. The molecular weight excluding hydrogens is 166 g/mol. The zero-order chi connectivity index (χ0) is 9.84. The average Bonchev–Trinajstić information content (AvgIpc) is 2.17. The SMILES string of the molecule is CCC(=O)C(=N)c1ccc(O)cc1. The van der Waals surface area contributed by atoms with Crippen LogP contribution in [0.4, 0.5) is 0 Å². The Morgan fingerprint density at radius 3 is 2.38 bits per heavy atom. The van der Waals surface area contributed by atoms with Gasteiger partial charge in [0.1, 0.15) is 11.5 Å². The first-order valence-corrected chi connectivity index (χ1v) is 4.06. The molecule has 0 spiro atoms. The molecule has 0 unspecified atom stereocenters. The van der Waals surface area contributed by atoms with E-state index in [1.54, 1.807) is 19.1 Å². The molecule has 0 aliphatic rings. The molecule has 0 aliphatic heterocycles. The van der Waals surface area contributed by atoms with E-state index in [1.807, 2.05) is 0 Å². The lowest BCUT2D eigenvalue weighted by Gasteiger charge is -2.00. The zero-order valence-corrected chi connectivity index (χ0v) is 7.37. The summed E-state index contributed by atoms with van der Waals surface area (Å²) in [6, 6.07) is 6.05. The standard InChI is InChI=1S/C10H11NO2/c1-2-9(13)10(11)7-3-5-8(12)6-4-7/h3-6,11-12H,2H2,1H3. The molecule has 2 N–H and O–H groups in total.